The maximum atomic E-state index is 13.5. The minimum atomic E-state index is -0.450. The van der Waals surface area contributed by atoms with E-state index in [9.17, 15) is 4.39 Å². The molecule has 0 fully saturated rings. The maximum absolute atomic E-state index is 13.5. The van der Waals surface area contributed by atoms with Crippen molar-refractivity contribution in [2.24, 2.45) is 0 Å². The number of hydrogen-bond acceptors (Lipinski definition) is 3. The van der Waals surface area contributed by atoms with E-state index in [0.29, 0.717) is 5.69 Å². The van der Waals surface area contributed by atoms with E-state index < -0.39 is 5.82 Å². The fourth-order valence-corrected chi connectivity index (χ4v) is 1.81. The fraction of sp³-hybridized carbons (Fsp3) is 0.308. The first-order valence-corrected chi connectivity index (χ1v) is 5.82. The molecule has 0 bridgehead atoms. The van der Waals surface area contributed by atoms with E-state index in [2.05, 4.69) is 5.10 Å². The molecule has 96 valence electrons. The Balaban J connectivity index is 2.16. The summed E-state index contributed by atoms with van der Waals surface area (Å²) in [5.41, 5.74) is 7.79. The van der Waals surface area contributed by atoms with Crippen LogP contribution in [0.5, 0.6) is 5.75 Å². The van der Waals surface area contributed by atoms with E-state index in [1.807, 2.05) is 24.6 Å². The van der Waals surface area contributed by atoms with Crippen LogP contribution >= 0.6 is 0 Å². The van der Waals surface area contributed by atoms with Gasteiger partial charge in [-0.3, -0.25) is 4.68 Å². The zero-order valence-corrected chi connectivity index (χ0v) is 10.5. The van der Waals surface area contributed by atoms with Crippen molar-refractivity contribution in [3.63, 3.8) is 0 Å². The number of rotatable bonds is 4. The second-order valence-electron chi connectivity index (χ2n) is 4.04. The minimum Gasteiger partial charge on any atom is -0.482 e. The third-order valence-corrected chi connectivity index (χ3v) is 2.65. The van der Waals surface area contributed by atoms with Crippen molar-refractivity contribution in [1.82, 2.24) is 9.78 Å². The van der Waals surface area contributed by atoms with Gasteiger partial charge in [0.15, 0.2) is 11.6 Å². The van der Waals surface area contributed by atoms with Gasteiger partial charge in [0, 0.05) is 6.54 Å². The Hall–Kier alpha value is -2.04. The van der Waals surface area contributed by atoms with Crippen LogP contribution in [0.1, 0.15) is 18.3 Å². The number of nitrogen functional groups attached to an aromatic ring is 1. The summed E-state index contributed by atoms with van der Waals surface area (Å²) in [6, 6.07) is 6.41. The van der Waals surface area contributed by atoms with Gasteiger partial charge in [-0.25, -0.2) is 4.39 Å². The summed E-state index contributed by atoms with van der Waals surface area (Å²) in [5, 5.41) is 4.30. The van der Waals surface area contributed by atoms with Crippen LogP contribution in [0.25, 0.3) is 0 Å². The number of halogens is 1. The number of hydrogen-bond donors (Lipinski definition) is 1. The third kappa shape index (κ3) is 2.45. The molecule has 0 saturated heterocycles. The summed E-state index contributed by atoms with van der Waals surface area (Å²) in [6.07, 6.45) is 0. The quantitative estimate of drug-likeness (QED) is 0.847. The number of nitrogens with zero attached hydrogens (tertiary/aromatic N) is 2. The summed E-state index contributed by atoms with van der Waals surface area (Å²) < 4.78 is 20.8. The van der Waals surface area contributed by atoms with Gasteiger partial charge in [-0.2, -0.15) is 5.10 Å². The van der Waals surface area contributed by atoms with E-state index in [4.69, 9.17) is 10.5 Å². The summed E-state index contributed by atoms with van der Waals surface area (Å²) in [5.74, 6) is -0.353. The second kappa shape index (κ2) is 5.08. The van der Waals surface area contributed by atoms with Crippen molar-refractivity contribution in [2.75, 3.05) is 5.73 Å². The van der Waals surface area contributed by atoms with Crippen LogP contribution in [0.2, 0.25) is 0 Å². The second-order valence-corrected chi connectivity index (χ2v) is 4.04. The molecule has 0 atom stereocenters. The predicted molar refractivity (Wildman–Crippen MR) is 67.8 cm³/mol. The van der Waals surface area contributed by atoms with Crippen LogP contribution < -0.4 is 10.5 Å². The molecule has 1 aromatic carbocycles. The number of ether oxygens (including phenoxy) is 1. The van der Waals surface area contributed by atoms with Crippen LogP contribution in [0, 0.1) is 12.7 Å². The van der Waals surface area contributed by atoms with E-state index in [0.717, 1.165) is 17.9 Å². The molecule has 0 aliphatic rings. The van der Waals surface area contributed by atoms with Gasteiger partial charge in [0.05, 0.1) is 17.1 Å². The SMILES string of the molecule is CCn1nc(C)cc1COc1c(N)cccc1F. The molecule has 2 rings (SSSR count). The van der Waals surface area contributed by atoms with Crippen LogP contribution in [0.15, 0.2) is 24.3 Å². The lowest BCUT2D eigenvalue weighted by molar-refractivity contribution is 0.280. The molecule has 18 heavy (non-hydrogen) atoms. The Labute approximate surface area is 105 Å². The van der Waals surface area contributed by atoms with Gasteiger partial charge in [0.25, 0.3) is 0 Å². The van der Waals surface area contributed by atoms with Crippen molar-refractivity contribution in [3.8, 4) is 5.75 Å². The van der Waals surface area contributed by atoms with E-state index in [1.54, 1.807) is 12.1 Å². The van der Waals surface area contributed by atoms with Crippen molar-refractivity contribution < 1.29 is 9.13 Å². The number of anilines is 1. The predicted octanol–water partition coefficient (Wildman–Crippen LogP) is 2.51. The lowest BCUT2D eigenvalue weighted by Crippen LogP contribution is -2.07. The van der Waals surface area contributed by atoms with Crippen molar-refractivity contribution >= 4 is 5.69 Å². The number of nitrogens with two attached hydrogens (primary N) is 1. The lowest BCUT2D eigenvalue weighted by atomic mass is 10.3. The van der Waals surface area contributed by atoms with E-state index in [1.165, 1.54) is 6.07 Å². The molecular formula is C13H16FN3O. The Morgan fingerprint density at radius 1 is 1.44 bits per heavy atom. The maximum Gasteiger partial charge on any atom is 0.178 e. The van der Waals surface area contributed by atoms with Crippen LogP contribution in [0.3, 0.4) is 0 Å². The van der Waals surface area contributed by atoms with Crippen LogP contribution in [-0.4, -0.2) is 9.78 Å². The molecule has 0 amide bonds. The van der Waals surface area contributed by atoms with Gasteiger partial charge in [-0.1, -0.05) is 6.07 Å². The van der Waals surface area contributed by atoms with Crippen molar-refractivity contribution in [1.29, 1.82) is 0 Å². The van der Waals surface area contributed by atoms with E-state index >= 15 is 0 Å². The molecule has 0 unspecified atom stereocenters. The Morgan fingerprint density at radius 2 is 2.22 bits per heavy atom. The number of benzene rings is 1. The molecule has 0 aliphatic carbocycles. The summed E-state index contributed by atoms with van der Waals surface area (Å²) in [7, 11) is 0. The van der Waals surface area contributed by atoms with Gasteiger partial charge in [0.1, 0.15) is 6.61 Å². The highest BCUT2D eigenvalue weighted by Gasteiger charge is 2.10. The number of aryl methyl sites for hydroxylation is 2. The molecule has 0 aliphatic heterocycles. The largest absolute Gasteiger partial charge is 0.482 e. The summed E-state index contributed by atoms with van der Waals surface area (Å²) >= 11 is 0. The van der Waals surface area contributed by atoms with Gasteiger partial charge in [-0.05, 0) is 32.0 Å². The first-order chi connectivity index (χ1) is 8.61. The molecule has 0 spiro atoms. The highest BCUT2D eigenvalue weighted by molar-refractivity contribution is 5.52. The first kappa shape index (κ1) is 12.4. The van der Waals surface area contributed by atoms with Crippen molar-refractivity contribution in [2.45, 2.75) is 27.0 Å². The van der Waals surface area contributed by atoms with Gasteiger partial charge < -0.3 is 10.5 Å². The molecular weight excluding hydrogens is 233 g/mol. The third-order valence-electron chi connectivity index (χ3n) is 2.65. The van der Waals surface area contributed by atoms with E-state index in [-0.39, 0.29) is 12.4 Å². The Morgan fingerprint density at radius 3 is 2.89 bits per heavy atom. The fourth-order valence-electron chi connectivity index (χ4n) is 1.81. The molecule has 5 heteroatoms. The zero-order valence-electron chi connectivity index (χ0n) is 10.5. The minimum absolute atomic E-state index is 0.0963. The molecule has 2 aromatic rings. The molecule has 1 heterocycles. The standard InChI is InChI=1S/C13H16FN3O/c1-3-17-10(7-9(2)16-17)8-18-13-11(14)5-4-6-12(13)15/h4-7H,3,8,15H2,1-2H3. The van der Waals surface area contributed by atoms with Gasteiger partial charge in [0.2, 0.25) is 0 Å². The molecule has 4 nitrogen and oxygen atoms in total. The van der Waals surface area contributed by atoms with Crippen LogP contribution in [-0.2, 0) is 13.2 Å². The van der Waals surface area contributed by atoms with Crippen LogP contribution in [0.4, 0.5) is 10.1 Å². The highest BCUT2D eigenvalue weighted by Crippen LogP contribution is 2.25. The highest BCUT2D eigenvalue weighted by atomic mass is 19.1. The number of para-hydroxylation sites is 1. The lowest BCUT2D eigenvalue weighted by Gasteiger charge is -2.10. The molecule has 1 aromatic heterocycles. The summed E-state index contributed by atoms with van der Waals surface area (Å²) in [4.78, 5) is 0. The van der Waals surface area contributed by atoms with Gasteiger partial charge in [-0.15, -0.1) is 0 Å². The molecule has 2 N–H and O–H groups in total. The Kier molecular flexibility index (Phi) is 3.50. The smallest absolute Gasteiger partial charge is 0.178 e. The number of aromatic nitrogens is 2. The average Bonchev–Trinajstić information content (AvgIpc) is 2.69. The topological polar surface area (TPSA) is 53.1 Å². The normalized spacial score (nSPS) is 10.6. The summed E-state index contributed by atoms with van der Waals surface area (Å²) in [6.45, 7) is 4.90. The van der Waals surface area contributed by atoms with Crippen molar-refractivity contribution in [3.05, 3.63) is 41.5 Å². The average molecular weight is 249 g/mol. The first-order valence-electron chi connectivity index (χ1n) is 5.82. The molecule has 0 saturated carbocycles. The monoisotopic (exact) mass is 249 g/mol. The zero-order chi connectivity index (χ0) is 13.1. The Bertz CT molecular complexity index is 531. The molecule has 0 radical (unpaired) electrons. The van der Waals surface area contributed by atoms with Gasteiger partial charge >= 0.3 is 0 Å².